The Kier molecular flexibility index (Phi) is 6.21. The first-order chi connectivity index (χ1) is 18.1. The maximum Gasteiger partial charge on any atom is 0.164 e. The van der Waals surface area contributed by atoms with Gasteiger partial charge < -0.3 is 21.3 Å². The fraction of sp³-hybridized carbons (Fsp3) is 0.385. The first-order valence-electron chi connectivity index (χ1n) is 12.7. The van der Waals surface area contributed by atoms with E-state index in [9.17, 15) is 5.26 Å². The van der Waals surface area contributed by atoms with Crippen molar-refractivity contribution in [1.29, 1.82) is 5.26 Å². The molecule has 6 rings (SSSR count). The van der Waals surface area contributed by atoms with Crippen LogP contribution < -0.4 is 21.3 Å². The van der Waals surface area contributed by atoms with Crippen LogP contribution in [0, 0.1) is 11.3 Å². The molecule has 4 aromatic heterocycles. The number of piperazine rings is 2. The van der Waals surface area contributed by atoms with E-state index in [0.717, 1.165) is 80.4 Å². The quantitative estimate of drug-likeness (QED) is 0.369. The molecule has 0 aromatic carbocycles. The van der Waals surface area contributed by atoms with Gasteiger partial charge in [-0.15, -0.1) is 5.10 Å². The molecule has 0 saturated carbocycles. The van der Waals surface area contributed by atoms with Crippen molar-refractivity contribution in [1.82, 2.24) is 39.9 Å². The summed E-state index contributed by atoms with van der Waals surface area (Å²) in [5.74, 6) is 1.18. The van der Waals surface area contributed by atoms with Crippen LogP contribution in [-0.4, -0.2) is 87.7 Å². The fourth-order valence-electron chi connectivity index (χ4n) is 5.30. The Hall–Kier alpha value is -3.98. The van der Waals surface area contributed by atoms with Crippen molar-refractivity contribution in [2.45, 2.75) is 6.04 Å². The number of nitrogen functional groups attached to an aromatic ring is 1. The van der Waals surface area contributed by atoms with E-state index >= 15 is 0 Å². The van der Waals surface area contributed by atoms with E-state index in [1.54, 1.807) is 9.20 Å². The zero-order valence-corrected chi connectivity index (χ0v) is 20.9. The van der Waals surface area contributed by atoms with Gasteiger partial charge in [0.05, 0.1) is 11.7 Å². The van der Waals surface area contributed by atoms with Gasteiger partial charge >= 0.3 is 0 Å². The Labute approximate surface area is 215 Å². The second-order valence-electron chi connectivity index (χ2n) is 9.76. The molecule has 37 heavy (non-hydrogen) atoms. The minimum atomic E-state index is 0.216. The van der Waals surface area contributed by atoms with Crippen LogP contribution in [-0.2, 0) is 7.05 Å². The molecule has 6 heterocycles. The van der Waals surface area contributed by atoms with Crippen molar-refractivity contribution in [3.8, 4) is 28.3 Å². The molecule has 1 unspecified atom stereocenters. The van der Waals surface area contributed by atoms with Gasteiger partial charge in [-0.1, -0.05) is 0 Å². The molecule has 1 atom stereocenters. The smallest absolute Gasteiger partial charge is 0.164 e. The number of pyridine rings is 2. The van der Waals surface area contributed by atoms with E-state index in [1.165, 1.54) is 0 Å². The van der Waals surface area contributed by atoms with E-state index < -0.39 is 0 Å². The highest BCUT2D eigenvalue weighted by Gasteiger charge is 2.22. The van der Waals surface area contributed by atoms with E-state index in [2.05, 4.69) is 54.9 Å². The van der Waals surface area contributed by atoms with Gasteiger partial charge in [0.1, 0.15) is 17.5 Å². The maximum absolute atomic E-state index is 9.78. The molecule has 2 fully saturated rings. The molecule has 2 aliphatic rings. The largest absolute Gasteiger partial charge is 0.381 e. The molecule has 2 aliphatic heterocycles. The van der Waals surface area contributed by atoms with Crippen LogP contribution in [0.3, 0.4) is 0 Å². The number of hydrogen-bond donors (Lipinski definition) is 3. The Morgan fingerprint density at radius 2 is 1.95 bits per heavy atom. The summed E-state index contributed by atoms with van der Waals surface area (Å²) in [7, 11) is 1.88. The highest BCUT2D eigenvalue weighted by molar-refractivity contribution is 5.90. The van der Waals surface area contributed by atoms with Gasteiger partial charge in [0, 0.05) is 106 Å². The Bertz CT molecular complexity index is 1430. The van der Waals surface area contributed by atoms with Crippen molar-refractivity contribution in [2.24, 2.45) is 7.05 Å². The topological polar surface area (TPSA) is 128 Å². The number of nitrogens with two attached hydrogens (primary N) is 1. The van der Waals surface area contributed by atoms with E-state index in [0.29, 0.717) is 17.1 Å². The van der Waals surface area contributed by atoms with Gasteiger partial charge in [-0.3, -0.25) is 9.58 Å². The summed E-state index contributed by atoms with van der Waals surface area (Å²) in [5.41, 5.74) is 10.8. The van der Waals surface area contributed by atoms with Gasteiger partial charge in [0.15, 0.2) is 5.82 Å². The maximum atomic E-state index is 9.78. The average Bonchev–Trinajstić information content (AvgIpc) is 3.51. The predicted octanol–water partition coefficient (Wildman–Crippen LogP) is 0.934. The number of nitrogens with one attached hydrogen (secondary N) is 2. The van der Waals surface area contributed by atoms with Crippen molar-refractivity contribution in [2.75, 3.05) is 63.0 Å². The summed E-state index contributed by atoms with van der Waals surface area (Å²) in [5, 5.41) is 25.5. The van der Waals surface area contributed by atoms with Crippen LogP contribution in [0.1, 0.15) is 5.56 Å². The lowest BCUT2D eigenvalue weighted by atomic mass is 10.0. The highest BCUT2D eigenvalue weighted by Crippen LogP contribution is 2.34. The summed E-state index contributed by atoms with van der Waals surface area (Å²) in [6.07, 6.45) is 7.52. The summed E-state index contributed by atoms with van der Waals surface area (Å²) >= 11 is 0. The molecule has 0 spiro atoms. The number of aryl methyl sites for hydroxylation is 1. The first kappa shape index (κ1) is 23.4. The minimum absolute atomic E-state index is 0.216. The Balaban J connectivity index is 1.25. The molecule has 11 heteroatoms. The fourth-order valence-corrected chi connectivity index (χ4v) is 5.30. The average molecular weight is 498 g/mol. The lowest BCUT2D eigenvalue weighted by Gasteiger charge is -2.38. The molecule has 11 nitrogen and oxygen atoms in total. The van der Waals surface area contributed by atoms with Gasteiger partial charge in [-0.05, 0) is 18.2 Å². The first-order valence-corrected chi connectivity index (χ1v) is 12.7. The molecule has 0 amide bonds. The highest BCUT2D eigenvalue weighted by atomic mass is 15.3. The number of nitriles is 1. The van der Waals surface area contributed by atoms with Crippen LogP contribution in [0.2, 0.25) is 0 Å². The minimum Gasteiger partial charge on any atom is -0.381 e. The number of nitrogens with zero attached hydrogens (tertiary/aromatic N) is 8. The van der Waals surface area contributed by atoms with Gasteiger partial charge in [0.25, 0.3) is 0 Å². The third-order valence-electron chi connectivity index (χ3n) is 7.26. The van der Waals surface area contributed by atoms with Crippen molar-refractivity contribution >= 4 is 17.2 Å². The van der Waals surface area contributed by atoms with Crippen LogP contribution in [0.4, 0.5) is 11.6 Å². The van der Waals surface area contributed by atoms with E-state index in [-0.39, 0.29) is 5.82 Å². The Morgan fingerprint density at radius 3 is 2.62 bits per heavy atom. The molecule has 0 radical (unpaired) electrons. The van der Waals surface area contributed by atoms with Gasteiger partial charge in [-0.2, -0.15) is 10.4 Å². The van der Waals surface area contributed by atoms with Crippen molar-refractivity contribution in [3.63, 3.8) is 0 Å². The van der Waals surface area contributed by atoms with Crippen LogP contribution in [0.15, 0.2) is 43.0 Å². The second-order valence-corrected chi connectivity index (χ2v) is 9.76. The molecular weight excluding hydrogens is 466 g/mol. The third-order valence-corrected chi connectivity index (χ3v) is 7.26. The van der Waals surface area contributed by atoms with Crippen molar-refractivity contribution in [3.05, 3.63) is 48.5 Å². The lowest BCUT2D eigenvalue weighted by molar-refractivity contribution is 0.218. The summed E-state index contributed by atoms with van der Waals surface area (Å²) in [4.78, 5) is 9.69. The predicted molar refractivity (Wildman–Crippen MR) is 143 cm³/mol. The Morgan fingerprint density at radius 1 is 1.08 bits per heavy atom. The molecular formula is C26H31N11. The SMILES string of the molecule is Cn1cc(-c2cc(-c3ccc(N4CCN(CC5CNCCN5)CC4)nc3)c3c(C#N)c(N)nn3c2)cn1. The van der Waals surface area contributed by atoms with E-state index in [1.807, 2.05) is 31.8 Å². The molecule has 4 N–H and O–H groups in total. The van der Waals surface area contributed by atoms with Gasteiger partial charge in [0.2, 0.25) is 0 Å². The van der Waals surface area contributed by atoms with Gasteiger partial charge in [-0.25, -0.2) is 9.50 Å². The van der Waals surface area contributed by atoms with Crippen LogP contribution >= 0.6 is 0 Å². The number of aromatic nitrogens is 5. The number of anilines is 2. The number of fused-ring (bicyclic) bond motifs is 1. The zero-order valence-electron chi connectivity index (χ0n) is 20.9. The van der Waals surface area contributed by atoms with Crippen LogP contribution in [0.5, 0.6) is 0 Å². The monoisotopic (exact) mass is 497 g/mol. The standard InChI is InChI=1S/C26H31N11/c1-34-15-20(13-32-34)19-10-22(25-23(11-27)26(28)33-37(25)16-19)18-2-3-24(31-12-18)36-8-6-35(7-9-36)17-21-14-29-4-5-30-21/h2-3,10,12-13,15-16,21,29-30H,4-9,14,17H2,1H3,(H2,28,33). The second kappa shape index (κ2) is 9.82. The zero-order chi connectivity index (χ0) is 25.4. The molecule has 2 saturated heterocycles. The summed E-state index contributed by atoms with van der Waals surface area (Å²) < 4.78 is 3.45. The molecule has 0 bridgehead atoms. The summed E-state index contributed by atoms with van der Waals surface area (Å²) in [6.45, 7) is 8.15. The molecule has 4 aromatic rings. The lowest BCUT2D eigenvalue weighted by Crippen LogP contribution is -2.56. The number of rotatable bonds is 5. The normalized spacial score (nSPS) is 18.8. The van der Waals surface area contributed by atoms with E-state index in [4.69, 9.17) is 10.7 Å². The molecule has 190 valence electrons. The molecule has 0 aliphatic carbocycles. The van der Waals surface area contributed by atoms with Crippen LogP contribution in [0.25, 0.3) is 27.8 Å². The van der Waals surface area contributed by atoms with Crippen molar-refractivity contribution < 1.29 is 0 Å². The third kappa shape index (κ3) is 4.62. The number of hydrogen-bond acceptors (Lipinski definition) is 9. The summed E-state index contributed by atoms with van der Waals surface area (Å²) in [6, 6.07) is 8.93.